The Morgan fingerprint density at radius 1 is 1.05 bits per heavy atom. The second kappa shape index (κ2) is 5.82. The van der Waals surface area contributed by atoms with Crippen LogP contribution in [0.4, 0.5) is 18.9 Å². The van der Waals surface area contributed by atoms with Crippen LogP contribution in [-0.4, -0.2) is 21.1 Å². The number of rotatable bonds is 4. The first-order valence-electron chi connectivity index (χ1n) is 5.69. The Hall–Kier alpha value is -1.32. The molecule has 0 amide bonds. The summed E-state index contributed by atoms with van der Waals surface area (Å²) in [5.41, 5.74) is 0.198. The minimum Gasteiger partial charge on any atom is -0.270 e. The lowest BCUT2D eigenvalue weighted by molar-refractivity contribution is -0.121. The lowest BCUT2D eigenvalue weighted by Gasteiger charge is -2.13. The predicted molar refractivity (Wildman–Crippen MR) is 78.2 cm³/mol. The minimum atomic E-state index is -4.61. The average Bonchev–Trinajstić information content (AvgIpc) is 2.40. The van der Waals surface area contributed by atoms with Crippen molar-refractivity contribution in [3.05, 3.63) is 40.9 Å². The van der Waals surface area contributed by atoms with Crippen molar-refractivity contribution in [2.75, 3.05) is 11.3 Å². The summed E-state index contributed by atoms with van der Waals surface area (Å²) in [6.45, 7) is -1.63. The van der Waals surface area contributed by atoms with Gasteiger partial charge in [0, 0.05) is 9.86 Å². The van der Waals surface area contributed by atoms with E-state index < -0.39 is 22.9 Å². The molecule has 0 heterocycles. The first-order chi connectivity index (χ1) is 9.68. The van der Waals surface area contributed by atoms with E-state index in [4.69, 9.17) is 0 Å². The molecule has 0 aliphatic heterocycles. The quantitative estimate of drug-likeness (QED) is 0.850. The molecule has 2 aromatic rings. The van der Waals surface area contributed by atoms with Crippen molar-refractivity contribution >= 4 is 42.6 Å². The molecule has 2 aromatic carbocycles. The van der Waals surface area contributed by atoms with Crippen molar-refractivity contribution in [2.24, 2.45) is 0 Å². The van der Waals surface area contributed by atoms with E-state index in [-0.39, 0.29) is 5.69 Å². The molecule has 0 aliphatic rings. The number of hydrogen-bond acceptors (Lipinski definition) is 2. The molecule has 114 valence electrons. The van der Waals surface area contributed by atoms with E-state index >= 15 is 0 Å². The molecule has 0 aliphatic carbocycles. The van der Waals surface area contributed by atoms with Crippen molar-refractivity contribution < 1.29 is 21.6 Å². The van der Waals surface area contributed by atoms with E-state index in [2.05, 4.69) is 20.7 Å². The summed E-state index contributed by atoms with van der Waals surface area (Å²) in [5.74, 6) is 0. The lowest BCUT2D eigenvalue weighted by atomic mass is 10.1. The van der Waals surface area contributed by atoms with Crippen LogP contribution >= 0.6 is 15.9 Å². The van der Waals surface area contributed by atoms with Gasteiger partial charge in [-0.3, -0.25) is 4.72 Å². The Morgan fingerprint density at radius 2 is 1.67 bits per heavy atom. The van der Waals surface area contributed by atoms with Crippen LogP contribution in [0.15, 0.2) is 40.9 Å². The monoisotopic (exact) mass is 382 g/mol. The van der Waals surface area contributed by atoms with Crippen molar-refractivity contribution in [1.82, 2.24) is 4.72 Å². The van der Waals surface area contributed by atoms with Gasteiger partial charge < -0.3 is 0 Å². The van der Waals surface area contributed by atoms with Crippen molar-refractivity contribution in [3.8, 4) is 0 Å². The first-order valence-corrected chi connectivity index (χ1v) is 7.97. The smallest absolute Gasteiger partial charge is 0.270 e. The maximum atomic E-state index is 12.1. The highest BCUT2D eigenvalue weighted by molar-refractivity contribution is 9.10. The second-order valence-corrected chi connectivity index (χ2v) is 6.54. The molecule has 2 N–H and O–H groups in total. The van der Waals surface area contributed by atoms with Gasteiger partial charge in [0.2, 0.25) is 0 Å². The fraction of sp³-hybridized carbons (Fsp3) is 0.167. The van der Waals surface area contributed by atoms with E-state index in [1.54, 1.807) is 30.3 Å². The zero-order valence-corrected chi connectivity index (χ0v) is 12.8. The van der Waals surface area contributed by atoms with E-state index in [9.17, 15) is 21.6 Å². The molecule has 21 heavy (non-hydrogen) atoms. The summed E-state index contributed by atoms with van der Waals surface area (Å²) in [7, 11) is -4.31. The van der Waals surface area contributed by atoms with Gasteiger partial charge in [-0.25, -0.2) is 0 Å². The van der Waals surface area contributed by atoms with Crippen molar-refractivity contribution in [3.63, 3.8) is 0 Å². The Balaban J connectivity index is 2.30. The third kappa shape index (κ3) is 4.32. The lowest BCUT2D eigenvalue weighted by Crippen LogP contribution is -2.37. The van der Waals surface area contributed by atoms with Crippen molar-refractivity contribution in [1.29, 1.82) is 0 Å². The maximum Gasteiger partial charge on any atom is 0.402 e. The molecule has 0 aromatic heterocycles. The van der Waals surface area contributed by atoms with Gasteiger partial charge in [-0.1, -0.05) is 40.2 Å². The normalized spacial score (nSPS) is 12.6. The van der Waals surface area contributed by atoms with Crippen LogP contribution in [0, 0.1) is 0 Å². The zero-order chi connectivity index (χ0) is 15.7. The standard InChI is InChI=1S/C12H10BrF3N2O2S/c13-10-5-6-11(9-4-2-1-3-8(9)10)18-21(19,20)17-7-12(14,15)16/h1-6,17-18H,7H2. The Morgan fingerprint density at radius 3 is 2.29 bits per heavy atom. The van der Waals surface area contributed by atoms with Gasteiger partial charge in [-0.15, -0.1) is 0 Å². The van der Waals surface area contributed by atoms with Crippen LogP contribution in [-0.2, 0) is 10.2 Å². The number of nitrogens with one attached hydrogen (secondary N) is 2. The summed E-state index contributed by atoms with van der Waals surface area (Å²) < 4.78 is 63.8. The SMILES string of the molecule is O=S(=O)(NCC(F)(F)F)Nc1ccc(Br)c2ccccc12. The van der Waals surface area contributed by atoms with E-state index in [0.29, 0.717) is 5.39 Å². The highest BCUT2D eigenvalue weighted by Crippen LogP contribution is 2.30. The predicted octanol–water partition coefficient (Wildman–Crippen LogP) is 3.41. The molecule has 0 bridgehead atoms. The van der Waals surface area contributed by atoms with Gasteiger partial charge in [0.25, 0.3) is 10.2 Å². The molecule has 4 nitrogen and oxygen atoms in total. The topological polar surface area (TPSA) is 58.2 Å². The number of anilines is 1. The Labute approximate surface area is 127 Å². The summed E-state index contributed by atoms with van der Waals surface area (Å²) in [6.07, 6.45) is -4.61. The van der Waals surface area contributed by atoms with Crippen LogP contribution < -0.4 is 9.44 Å². The third-order valence-electron chi connectivity index (χ3n) is 2.58. The number of hydrogen-bond donors (Lipinski definition) is 2. The van der Waals surface area contributed by atoms with E-state index in [1.165, 1.54) is 10.8 Å². The minimum absolute atomic E-state index is 0.198. The first kappa shape index (κ1) is 16.1. The van der Waals surface area contributed by atoms with Gasteiger partial charge >= 0.3 is 6.18 Å². The molecule has 0 atom stereocenters. The molecule has 0 saturated heterocycles. The van der Waals surface area contributed by atoms with Gasteiger partial charge in [0.1, 0.15) is 6.54 Å². The van der Waals surface area contributed by atoms with E-state index in [1.807, 2.05) is 0 Å². The van der Waals surface area contributed by atoms with Gasteiger partial charge in [-0.05, 0) is 17.5 Å². The molecule has 0 unspecified atom stereocenters. The summed E-state index contributed by atoms with van der Waals surface area (Å²) in [4.78, 5) is 0. The Kier molecular flexibility index (Phi) is 4.45. The maximum absolute atomic E-state index is 12.1. The average molecular weight is 383 g/mol. The number of benzene rings is 2. The van der Waals surface area contributed by atoms with Crippen LogP contribution in [0.2, 0.25) is 0 Å². The van der Waals surface area contributed by atoms with Gasteiger partial charge in [0.15, 0.2) is 0 Å². The molecular weight excluding hydrogens is 373 g/mol. The fourth-order valence-corrected chi connectivity index (χ4v) is 3.08. The van der Waals surface area contributed by atoms with Crippen LogP contribution in [0.5, 0.6) is 0 Å². The molecule has 0 radical (unpaired) electrons. The number of fused-ring (bicyclic) bond motifs is 1. The zero-order valence-electron chi connectivity index (χ0n) is 10.4. The van der Waals surface area contributed by atoms with E-state index in [0.717, 1.165) is 9.86 Å². The van der Waals surface area contributed by atoms with Gasteiger partial charge in [-0.2, -0.15) is 26.3 Å². The molecule has 0 spiro atoms. The Bertz CT molecular complexity index is 763. The van der Waals surface area contributed by atoms with Crippen molar-refractivity contribution in [2.45, 2.75) is 6.18 Å². The highest BCUT2D eigenvalue weighted by atomic mass is 79.9. The molecule has 0 fully saturated rings. The highest BCUT2D eigenvalue weighted by Gasteiger charge is 2.29. The fourth-order valence-electron chi connectivity index (χ4n) is 1.71. The second-order valence-electron chi connectivity index (χ2n) is 4.18. The number of halogens is 4. The summed E-state index contributed by atoms with van der Waals surface area (Å²) in [5, 5.41) is 1.32. The largest absolute Gasteiger partial charge is 0.402 e. The van der Waals surface area contributed by atoms with Crippen LogP contribution in [0.3, 0.4) is 0 Å². The van der Waals surface area contributed by atoms with Crippen LogP contribution in [0.25, 0.3) is 10.8 Å². The molecule has 9 heteroatoms. The summed E-state index contributed by atoms with van der Waals surface area (Å²) >= 11 is 3.33. The molecular formula is C12H10BrF3N2O2S. The van der Waals surface area contributed by atoms with Crippen LogP contribution in [0.1, 0.15) is 0 Å². The molecule has 0 saturated carbocycles. The summed E-state index contributed by atoms with van der Waals surface area (Å²) in [6, 6.07) is 9.99. The third-order valence-corrected chi connectivity index (χ3v) is 4.28. The number of alkyl halides is 3. The molecule has 2 rings (SSSR count). The van der Waals surface area contributed by atoms with Gasteiger partial charge in [0.05, 0.1) is 5.69 Å².